The first-order valence-electron chi connectivity index (χ1n) is 13.4. The number of aromatic amines is 1. The van der Waals surface area contributed by atoms with Gasteiger partial charge in [0.2, 0.25) is 0 Å². The average molecular weight is 653 g/mol. The van der Waals surface area contributed by atoms with Crippen LogP contribution < -0.4 is 16.3 Å². The van der Waals surface area contributed by atoms with Gasteiger partial charge >= 0.3 is 19.4 Å². The number of ether oxygens (including phenoxy) is 2. The van der Waals surface area contributed by atoms with Crippen LogP contribution in [-0.4, -0.2) is 81.3 Å². The molecule has 1 aromatic rings. The van der Waals surface area contributed by atoms with E-state index in [2.05, 4.69) is 15.1 Å². The second-order valence-electron chi connectivity index (χ2n) is 10.7. The molecule has 0 saturated carbocycles. The fourth-order valence-corrected chi connectivity index (χ4v) is 6.20. The Labute approximate surface area is 251 Å². The summed E-state index contributed by atoms with van der Waals surface area (Å²) < 4.78 is 51.7. The van der Waals surface area contributed by atoms with Crippen molar-refractivity contribution in [3.05, 3.63) is 43.5 Å². The Morgan fingerprint density at radius 3 is 2.63 bits per heavy atom. The minimum absolute atomic E-state index is 0.0643. The number of H-pyrrole nitrogens is 1. The summed E-state index contributed by atoms with van der Waals surface area (Å²) >= 11 is 0.950. The highest BCUT2D eigenvalue weighted by atomic mass is 32.2. The van der Waals surface area contributed by atoms with Gasteiger partial charge in [-0.1, -0.05) is 37.6 Å². The number of azide groups is 1. The lowest BCUT2D eigenvalue weighted by molar-refractivity contribution is -0.149. The van der Waals surface area contributed by atoms with E-state index in [1.54, 1.807) is 27.7 Å². The largest absolute Gasteiger partial charge is 0.462 e. The molecule has 0 aromatic carbocycles. The molecule has 0 bridgehead atoms. The summed E-state index contributed by atoms with van der Waals surface area (Å²) in [5.41, 5.74) is 4.32. The number of nitrogens with zero attached hydrogens (tertiary/aromatic N) is 4. The van der Waals surface area contributed by atoms with Crippen molar-refractivity contribution in [2.45, 2.75) is 84.2 Å². The van der Waals surface area contributed by atoms with Gasteiger partial charge < -0.3 is 14.6 Å². The van der Waals surface area contributed by atoms with Crippen molar-refractivity contribution in [1.29, 1.82) is 0 Å². The highest BCUT2D eigenvalue weighted by Crippen LogP contribution is 2.48. The molecule has 16 nitrogen and oxygen atoms in total. The number of aliphatic hydroxyl groups excluding tert-OH is 1. The number of rotatable bonds is 16. The third-order valence-corrected chi connectivity index (χ3v) is 9.43. The molecule has 19 heteroatoms. The van der Waals surface area contributed by atoms with Gasteiger partial charge in [0.15, 0.2) is 17.5 Å². The van der Waals surface area contributed by atoms with Gasteiger partial charge in [-0.3, -0.25) is 33.0 Å². The van der Waals surface area contributed by atoms with E-state index in [1.165, 1.54) is 6.92 Å². The van der Waals surface area contributed by atoms with Crippen LogP contribution in [0.15, 0.2) is 27.0 Å². The quantitative estimate of drug-likeness (QED) is 0.0585. The van der Waals surface area contributed by atoms with Gasteiger partial charge in [-0.15, -0.1) is 0 Å². The number of aromatic nitrogens is 2. The van der Waals surface area contributed by atoms with Crippen LogP contribution in [0.25, 0.3) is 10.4 Å². The van der Waals surface area contributed by atoms with E-state index in [4.69, 9.17) is 24.1 Å². The first-order chi connectivity index (χ1) is 20.0. The van der Waals surface area contributed by atoms with Gasteiger partial charge in [0, 0.05) is 28.3 Å². The zero-order valence-electron chi connectivity index (χ0n) is 24.7. The van der Waals surface area contributed by atoms with Crippen molar-refractivity contribution < 1.29 is 42.2 Å². The van der Waals surface area contributed by atoms with Crippen molar-refractivity contribution in [2.24, 2.45) is 10.5 Å². The number of esters is 1. The summed E-state index contributed by atoms with van der Waals surface area (Å²) in [6.07, 6.45) is -5.12. The molecular formula is C24H38FN6O10PS. The molecule has 1 aromatic heterocycles. The predicted octanol–water partition coefficient (Wildman–Crippen LogP) is 2.58. The highest BCUT2D eigenvalue weighted by Gasteiger charge is 2.57. The van der Waals surface area contributed by atoms with E-state index in [0.717, 1.165) is 24.0 Å². The minimum Gasteiger partial charge on any atom is -0.462 e. The number of aliphatic hydroxyl groups is 1. The minimum atomic E-state index is -4.50. The average Bonchev–Trinajstić information content (AvgIpc) is 3.18. The van der Waals surface area contributed by atoms with Crippen molar-refractivity contribution in [2.75, 3.05) is 25.5 Å². The van der Waals surface area contributed by atoms with Crippen molar-refractivity contribution in [1.82, 2.24) is 14.6 Å². The molecule has 1 saturated heterocycles. The summed E-state index contributed by atoms with van der Waals surface area (Å²) in [5.74, 6) is -0.728. The molecule has 2 rings (SSSR count). The zero-order valence-corrected chi connectivity index (χ0v) is 26.4. The van der Waals surface area contributed by atoms with Crippen LogP contribution in [0.1, 0.15) is 54.2 Å². The van der Waals surface area contributed by atoms with Gasteiger partial charge in [0.05, 0.1) is 25.9 Å². The Morgan fingerprint density at radius 1 is 1.37 bits per heavy atom. The molecular weight excluding hydrogens is 614 g/mol. The van der Waals surface area contributed by atoms with Crippen LogP contribution in [0.5, 0.6) is 0 Å². The number of carbonyl (C=O) groups is 2. The summed E-state index contributed by atoms with van der Waals surface area (Å²) in [7, 11) is -4.50. The van der Waals surface area contributed by atoms with Crippen LogP contribution in [0.2, 0.25) is 0 Å². The maximum Gasteiger partial charge on any atom is 0.406 e. The maximum absolute atomic E-state index is 15.3. The topological polar surface area (TPSA) is 224 Å². The molecule has 6 atom stereocenters. The van der Waals surface area contributed by atoms with Gasteiger partial charge in [0.25, 0.3) is 5.56 Å². The number of thioether (sulfide) groups is 1. The van der Waals surface area contributed by atoms with Crippen molar-refractivity contribution >= 4 is 30.6 Å². The molecule has 2 heterocycles. The lowest BCUT2D eigenvalue weighted by atomic mass is 9.92. The van der Waals surface area contributed by atoms with Crippen molar-refractivity contribution in [3.8, 4) is 0 Å². The van der Waals surface area contributed by atoms with E-state index in [0.29, 0.717) is 11.0 Å². The van der Waals surface area contributed by atoms with Crippen LogP contribution in [0.4, 0.5) is 4.39 Å². The Morgan fingerprint density at radius 2 is 2.05 bits per heavy atom. The molecule has 2 unspecified atom stereocenters. The first-order valence-corrected chi connectivity index (χ1v) is 15.9. The van der Waals surface area contributed by atoms with Crippen LogP contribution in [0.3, 0.4) is 0 Å². The third-order valence-electron chi connectivity index (χ3n) is 6.55. The Hall–Kier alpha value is -2.56. The second kappa shape index (κ2) is 15.4. The van der Waals surface area contributed by atoms with Gasteiger partial charge in [-0.2, -0.15) is 0 Å². The SMILES string of the molecule is CCC(C)(C)C(=O)SCCOP(=O)(NC(C)C(=O)OC(C)C)OC[C@@]1(CN=[N+]=[N-])O[C@@H](n2ccc(=O)[nH]c2=O)[C@H](F)[C@@H]1O. The van der Waals surface area contributed by atoms with E-state index < -0.39 is 79.8 Å². The standard InChI is InChI=1S/C24H38FN6O10PS/c1-7-23(5,6)21(35)43-11-10-38-42(37,29-15(4)20(34)40-14(2)3)39-13-24(12-27-30-26)18(33)17(25)19(41-24)31-9-8-16(32)28-22(31)36/h8-9,14-15,17-19,33H,7,10-13H2,1-6H3,(H,29,37)(H,28,32,36)/t15?,17-,18+,19-,24-,42?/m1/s1. The Kier molecular flexibility index (Phi) is 13.2. The first kappa shape index (κ1) is 36.6. The van der Waals surface area contributed by atoms with Gasteiger partial charge in [-0.05, 0) is 32.7 Å². The smallest absolute Gasteiger partial charge is 0.406 e. The molecule has 242 valence electrons. The second-order valence-corrected chi connectivity index (χ2v) is 13.5. The van der Waals surface area contributed by atoms with Gasteiger partial charge in [0.1, 0.15) is 17.7 Å². The summed E-state index contributed by atoms with van der Waals surface area (Å²) in [4.78, 5) is 53.2. The summed E-state index contributed by atoms with van der Waals surface area (Å²) in [5, 5.41) is 16.5. The van der Waals surface area contributed by atoms with Gasteiger partial charge in [-0.25, -0.2) is 18.8 Å². The number of halogens is 1. The van der Waals surface area contributed by atoms with Crippen molar-refractivity contribution in [3.63, 3.8) is 0 Å². The summed E-state index contributed by atoms with van der Waals surface area (Å²) in [6.45, 7) is 8.04. The molecule has 0 spiro atoms. The predicted molar refractivity (Wildman–Crippen MR) is 154 cm³/mol. The fourth-order valence-electron chi connectivity index (χ4n) is 3.67. The van der Waals surface area contributed by atoms with E-state index in [1.807, 2.05) is 11.9 Å². The maximum atomic E-state index is 15.3. The molecule has 0 radical (unpaired) electrons. The molecule has 0 aliphatic carbocycles. The number of hydrogen-bond acceptors (Lipinski definition) is 12. The lowest BCUT2D eigenvalue weighted by Gasteiger charge is -2.32. The lowest BCUT2D eigenvalue weighted by Crippen LogP contribution is -2.49. The monoisotopic (exact) mass is 652 g/mol. The van der Waals surface area contributed by atoms with Crippen LogP contribution in [0, 0.1) is 5.41 Å². The molecule has 1 aliphatic heterocycles. The molecule has 0 amide bonds. The fraction of sp³-hybridized carbons (Fsp3) is 0.750. The Bertz CT molecular complexity index is 1350. The van der Waals surface area contributed by atoms with E-state index in [-0.39, 0.29) is 17.5 Å². The summed E-state index contributed by atoms with van der Waals surface area (Å²) in [6, 6.07) is -0.299. The zero-order chi connectivity index (χ0) is 32.6. The molecule has 1 fully saturated rings. The van der Waals surface area contributed by atoms with E-state index >= 15 is 4.39 Å². The van der Waals surface area contributed by atoms with E-state index in [9.17, 15) is 28.8 Å². The number of carbonyl (C=O) groups excluding carboxylic acids is 2. The highest BCUT2D eigenvalue weighted by molar-refractivity contribution is 8.13. The third kappa shape index (κ3) is 9.71. The van der Waals surface area contributed by atoms with Crippen LogP contribution >= 0.6 is 19.5 Å². The molecule has 3 N–H and O–H groups in total. The molecule has 1 aliphatic rings. The number of alkyl halides is 1. The number of hydrogen-bond donors (Lipinski definition) is 3. The molecule has 43 heavy (non-hydrogen) atoms. The number of nitrogens with one attached hydrogen (secondary N) is 2. The van der Waals surface area contributed by atoms with Crippen LogP contribution in [-0.2, 0) is 32.7 Å². The Balaban J connectivity index is 2.32. The normalized spacial score (nSPS) is 24.3.